The van der Waals surface area contributed by atoms with Crippen molar-refractivity contribution in [2.45, 2.75) is 25.2 Å². The van der Waals surface area contributed by atoms with Crippen LogP contribution in [0.5, 0.6) is 5.75 Å². The van der Waals surface area contributed by atoms with Crippen LogP contribution in [0.2, 0.25) is 0 Å². The summed E-state index contributed by atoms with van der Waals surface area (Å²) in [6, 6.07) is 2.39. The van der Waals surface area contributed by atoms with Crippen molar-refractivity contribution in [1.29, 1.82) is 0 Å². The van der Waals surface area contributed by atoms with E-state index < -0.39 is 24.0 Å². The van der Waals surface area contributed by atoms with E-state index in [2.05, 4.69) is 4.74 Å². The van der Waals surface area contributed by atoms with Crippen molar-refractivity contribution < 1.29 is 23.0 Å². The minimum absolute atomic E-state index is 0.248. The maximum atomic E-state index is 14.2. The standard InChI is InChI=1S/C13H16F3NO2/c1-19-10-3-2-9(11(14)12(10)15)13(16)17-6-4-8(18)5-7-17/h2-3,8,13,18H,4-7H2,1H3. The second kappa shape index (κ2) is 5.79. The van der Waals surface area contributed by atoms with E-state index in [1.54, 1.807) is 0 Å². The molecule has 0 radical (unpaired) electrons. The van der Waals surface area contributed by atoms with Crippen LogP contribution in [0.15, 0.2) is 12.1 Å². The lowest BCUT2D eigenvalue weighted by atomic mass is 10.1. The molecular weight excluding hydrogens is 259 g/mol. The number of nitrogens with zero attached hydrogens (tertiary/aromatic N) is 1. The number of alkyl halides is 1. The lowest BCUT2D eigenvalue weighted by molar-refractivity contribution is 0.0128. The maximum absolute atomic E-state index is 14.2. The average molecular weight is 275 g/mol. The molecule has 1 atom stereocenters. The molecule has 2 rings (SSSR count). The largest absolute Gasteiger partial charge is 0.494 e. The van der Waals surface area contributed by atoms with Gasteiger partial charge in [-0.15, -0.1) is 0 Å². The van der Waals surface area contributed by atoms with E-state index in [1.165, 1.54) is 24.1 Å². The highest BCUT2D eigenvalue weighted by Gasteiger charge is 2.28. The van der Waals surface area contributed by atoms with Gasteiger partial charge in [0.05, 0.1) is 13.2 Å². The summed E-state index contributed by atoms with van der Waals surface area (Å²) in [5.41, 5.74) is -0.338. The molecule has 1 heterocycles. The number of ether oxygens (including phenoxy) is 1. The van der Waals surface area contributed by atoms with E-state index in [4.69, 9.17) is 0 Å². The van der Waals surface area contributed by atoms with Crippen LogP contribution in [0.1, 0.15) is 24.7 Å². The minimum atomic E-state index is -1.71. The molecular formula is C13H16F3NO2. The highest BCUT2D eigenvalue weighted by atomic mass is 19.2. The summed E-state index contributed by atoms with van der Waals surface area (Å²) in [5, 5.41) is 9.35. The zero-order valence-electron chi connectivity index (χ0n) is 10.6. The summed E-state index contributed by atoms with van der Waals surface area (Å²) in [4.78, 5) is 1.39. The van der Waals surface area contributed by atoms with Gasteiger partial charge in [0.25, 0.3) is 0 Å². The fourth-order valence-corrected chi connectivity index (χ4v) is 2.20. The quantitative estimate of drug-likeness (QED) is 0.860. The van der Waals surface area contributed by atoms with Crippen LogP contribution in [-0.2, 0) is 0 Å². The Hall–Kier alpha value is -1.27. The first-order chi connectivity index (χ1) is 9.04. The Kier molecular flexibility index (Phi) is 4.31. The van der Waals surface area contributed by atoms with Crippen LogP contribution in [0.3, 0.4) is 0 Å². The van der Waals surface area contributed by atoms with Crippen molar-refractivity contribution in [3.8, 4) is 5.75 Å². The predicted molar refractivity (Wildman–Crippen MR) is 63.6 cm³/mol. The monoisotopic (exact) mass is 275 g/mol. The van der Waals surface area contributed by atoms with Crippen molar-refractivity contribution in [1.82, 2.24) is 4.90 Å². The highest BCUT2D eigenvalue weighted by Crippen LogP contribution is 2.31. The van der Waals surface area contributed by atoms with E-state index in [0.717, 1.165) is 0 Å². The first kappa shape index (κ1) is 14.1. The molecule has 0 bridgehead atoms. The molecule has 1 aromatic rings. The van der Waals surface area contributed by atoms with Crippen LogP contribution >= 0.6 is 0 Å². The average Bonchev–Trinajstić information content (AvgIpc) is 2.42. The Morgan fingerprint density at radius 3 is 2.47 bits per heavy atom. The summed E-state index contributed by atoms with van der Waals surface area (Å²) in [6.07, 6.45) is -1.30. The summed E-state index contributed by atoms with van der Waals surface area (Å²) in [6.45, 7) is 0.630. The second-order valence-corrected chi connectivity index (χ2v) is 4.59. The minimum Gasteiger partial charge on any atom is -0.494 e. The smallest absolute Gasteiger partial charge is 0.201 e. The molecule has 106 valence electrons. The Balaban J connectivity index is 2.19. The van der Waals surface area contributed by atoms with E-state index in [9.17, 15) is 18.3 Å². The fourth-order valence-electron chi connectivity index (χ4n) is 2.20. The number of piperidine rings is 1. The topological polar surface area (TPSA) is 32.7 Å². The molecule has 1 aliphatic rings. The summed E-state index contributed by atoms with van der Waals surface area (Å²) in [5.74, 6) is -2.65. The lowest BCUT2D eigenvalue weighted by Crippen LogP contribution is -2.37. The number of methoxy groups -OCH3 is 1. The fraction of sp³-hybridized carbons (Fsp3) is 0.538. The molecule has 3 nitrogen and oxygen atoms in total. The molecule has 6 heteroatoms. The maximum Gasteiger partial charge on any atom is 0.201 e. The van der Waals surface area contributed by atoms with Crippen LogP contribution in [0, 0.1) is 11.6 Å². The van der Waals surface area contributed by atoms with Crippen molar-refractivity contribution >= 4 is 0 Å². The molecule has 1 aromatic carbocycles. The normalized spacial score (nSPS) is 19.4. The van der Waals surface area contributed by atoms with Crippen molar-refractivity contribution in [2.75, 3.05) is 20.2 Å². The molecule has 1 aliphatic heterocycles. The van der Waals surface area contributed by atoms with Gasteiger partial charge in [-0.1, -0.05) is 0 Å². The third-order valence-electron chi connectivity index (χ3n) is 3.37. The number of benzene rings is 1. The molecule has 0 aromatic heterocycles. The van der Waals surface area contributed by atoms with Crippen LogP contribution in [0.4, 0.5) is 13.2 Å². The van der Waals surface area contributed by atoms with E-state index in [-0.39, 0.29) is 11.3 Å². The van der Waals surface area contributed by atoms with Gasteiger partial charge >= 0.3 is 0 Å². The second-order valence-electron chi connectivity index (χ2n) is 4.59. The number of aliphatic hydroxyl groups excluding tert-OH is 1. The molecule has 19 heavy (non-hydrogen) atoms. The summed E-state index contributed by atoms with van der Waals surface area (Å²) < 4.78 is 46.1. The molecule has 0 aliphatic carbocycles. The molecule has 1 saturated heterocycles. The van der Waals surface area contributed by atoms with Gasteiger partial charge in [0.1, 0.15) is 0 Å². The SMILES string of the molecule is COc1ccc(C(F)N2CCC(O)CC2)c(F)c1F. The summed E-state index contributed by atoms with van der Waals surface area (Å²) in [7, 11) is 1.22. The number of aliphatic hydroxyl groups is 1. The Bertz CT molecular complexity index is 448. The highest BCUT2D eigenvalue weighted by molar-refractivity contribution is 5.32. The number of halogens is 3. The van der Waals surface area contributed by atoms with Crippen molar-refractivity contribution in [3.63, 3.8) is 0 Å². The Morgan fingerprint density at radius 2 is 1.89 bits per heavy atom. The number of hydrogen-bond donors (Lipinski definition) is 1. The first-order valence-electron chi connectivity index (χ1n) is 6.12. The van der Waals surface area contributed by atoms with Gasteiger partial charge in [0.15, 0.2) is 17.9 Å². The molecule has 0 spiro atoms. The molecule has 0 saturated carbocycles. The Labute approximate surface area is 109 Å². The molecule has 0 amide bonds. The number of rotatable bonds is 3. The van der Waals surface area contributed by atoms with Gasteiger partial charge < -0.3 is 9.84 Å². The third-order valence-corrected chi connectivity index (χ3v) is 3.37. The van der Waals surface area contributed by atoms with Gasteiger partial charge in [-0.05, 0) is 25.0 Å². The zero-order valence-corrected chi connectivity index (χ0v) is 10.6. The van der Waals surface area contributed by atoms with Gasteiger partial charge in [0, 0.05) is 18.7 Å². The van der Waals surface area contributed by atoms with Gasteiger partial charge in [-0.25, -0.2) is 8.78 Å². The van der Waals surface area contributed by atoms with Gasteiger partial charge in [-0.3, -0.25) is 4.90 Å². The molecule has 1 N–H and O–H groups in total. The first-order valence-corrected chi connectivity index (χ1v) is 6.12. The van der Waals surface area contributed by atoms with E-state index in [0.29, 0.717) is 25.9 Å². The van der Waals surface area contributed by atoms with Crippen LogP contribution in [0.25, 0.3) is 0 Å². The molecule has 1 fully saturated rings. The zero-order chi connectivity index (χ0) is 14.0. The van der Waals surface area contributed by atoms with Gasteiger partial charge in [0.2, 0.25) is 5.82 Å². The van der Waals surface area contributed by atoms with E-state index >= 15 is 0 Å². The molecule has 1 unspecified atom stereocenters. The van der Waals surface area contributed by atoms with Crippen LogP contribution in [-0.4, -0.2) is 36.3 Å². The lowest BCUT2D eigenvalue weighted by Gasteiger charge is -2.32. The van der Waals surface area contributed by atoms with Crippen molar-refractivity contribution in [3.05, 3.63) is 29.3 Å². The summed E-state index contributed by atoms with van der Waals surface area (Å²) >= 11 is 0. The Morgan fingerprint density at radius 1 is 1.26 bits per heavy atom. The van der Waals surface area contributed by atoms with E-state index in [1.807, 2.05) is 0 Å². The van der Waals surface area contributed by atoms with Gasteiger partial charge in [-0.2, -0.15) is 4.39 Å². The van der Waals surface area contributed by atoms with Crippen molar-refractivity contribution in [2.24, 2.45) is 0 Å². The number of hydrogen-bond acceptors (Lipinski definition) is 3. The predicted octanol–water partition coefficient (Wildman–Crippen LogP) is 2.40. The third kappa shape index (κ3) is 2.84. The van der Waals surface area contributed by atoms with Crippen LogP contribution < -0.4 is 4.74 Å². The number of likely N-dealkylation sites (tertiary alicyclic amines) is 1.